The van der Waals surface area contributed by atoms with Crippen LogP contribution in [0.4, 0.5) is 0 Å². The molecule has 0 saturated heterocycles. The molecule has 0 aliphatic heterocycles. The minimum atomic E-state index is -0.138. The normalized spacial score (nSPS) is 10.2. The van der Waals surface area contributed by atoms with Crippen LogP contribution in [0, 0.1) is 13.8 Å². The first-order valence-corrected chi connectivity index (χ1v) is 5.49. The molecule has 0 saturated carbocycles. The summed E-state index contributed by atoms with van der Waals surface area (Å²) in [4.78, 5) is 12.2. The summed E-state index contributed by atoms with van der Waals surface area (Å²) in [7, 11) is 0. The van der Waals surface area contributed by atoms with Crippen LogP contribution in [-0.4, -0.2) is 10.9 Å². The van der Waals surface area contributed by atoms with Crippen LogP contribution < -0.4 is 0 Å². The topological polar surface area (TPSA) is 37.3 Å². The van der Waals surface area contributed by atoms with Crippen molar-refractivity contribution in [2.24, 2.45) is 0 Å². The molecule has 2 aromatic carbocycles. The summed E-state index contributed by atoms with van der Waals surface area (Å²) in [6, 6.07) is 12.5. The van der Waals surface area contributed by atoms with Gasteiger partial charge in [-0.3, -0.25) is 4.79 Å². The van der Waals surface area contributed by atoms with Gasteiger partial charge in [0.15, 0.2) is 5.78 Å². The highest BCUT2D eigenvalue weighted by atomic mass is 16.3. The predicted molar refractivity (Wildman–Crippen MR) is 67.5 cm³/mol. The number of benzene rings is 2. The van der Waals surface area contributed by atoms with Crippen molar-refractivity contribution in [1.29, 1.82) is 0 Å². The maximum Gasteiger partial charge on any atom is 0.197 e. The fourth-order valence-electron chi connectivity index (χ4n) is 1.81. The summed E-state index contributed by atoms with van der Waals surface area (Å²) in [5.74, 6) is -0.0983. The minimum Gasteiger partial charge on any atom is -0.507 e. The first-order chi connectivity index (χ1) is 8.09. The molecule has 0 aromatic heterocycles. The van der Waals surface area contributed by atoms with Crippen molar-refractivity contribution in [1.82, 2.24) is 0 Å². The van der Waals surface area contributed by atoms with Gasteiger partial charge in [-0.15, -0.1) is 0 Å². The van der Waals surface area contributed by atoms with Gasteiger partial charge in [0, 0.05) is 5.56 Å². The molecule has 0 heterocycles. The summed E-state index contributed by atoms with van der Waals surface area (Å²) in [6.07, 6.45) is 0. The highest BCUT2D eigenvalue weighted by Crippen LogP contribution is 2.23. The Kier molecular flexibility index (Phi) is 2.96. The van der Waals surface area contributed by atoms with E-state index in [9.17, 15) is 9.90 Å². The zero-order valence-electron chi connectivity index (χ0n) is 9.90. The van der Waals surface area contributed by atoms with E-state index in [0.717, 1.165) is 11.1 Å². The van der Waals surface area contributed by atoms with Gasteiger partial charge in [0.05, 0.1) is 5.56 Å². The van der Waals surface area contributed by atoms with E-state index in [-0.39, 0.29) is 11.5 Å². The predicted octanol–water partition coefficient (Wildman–Crippen LogP) is 3.24. The number of rotatable bonds is 2. The second-order valence-electron chi connectivity index (χ2n) is 4.16. The average molecular weight is 226 g/mol. The molecule has 2 rings (SSSR count). The Hall–Kier alpha value is -2.09. The highest BCUT2D eigenvalue weighted by molar-refractivity contribution is 6.11. The lowest BCUT2D eigenvalue weighted by Gasteiger charge is -2.07. The number of carbonyl (C=O) groups excluding carboxylic acids is 1. The molecule has 0 spiro atoms. The van der Waals surface area contributed by atoms with E-state index in [1.54, 1.807) is 18.2 Å². The van der Waals surface area contributed by atoms with E-state index in [1.165, 1.54) is 0 Å². The Morgan fingerprint density at radius 3 is 2.35 bits per heavy atom. The van der Waals surface area contributed by atoms with Crippen LogP contribution in [0.3, 0.4) is 0 Å². The van der Waals surface area contributed by atoms with E-state index in [4.69, 9.17) is 0 Å². The van der Waals surface area contributed by atoms with Gasteiger partial charge < -0.3 is 5.11 Å². The zero-order chi connectivity index (χ0) is 12.4. The van der Waals surface area contributed by atoms with E-state index < -0.39 is 0 Å². The highest BCUT2D eigenvalue weighted by Gasteiger charge is 2.14. The van der Waals surface area contributed by atoms with Crippen LogP contribution in [-0.2, 0) is 0 Å². The molecule has 0 bridgehead atoms. The molecule has 2 aromatic rings. The standard InChI is InChI=1S/C15H14O2/c1-10-7-8-13(14(16)9-10)15(17)12-6-4-3-5-11(12)2/h3-9,16H,1-2H3. The third-order valence-electron chi connectivity index (χ3n) is 2.79. The second kappa shape index (κ2) is 4.42. The Labute approximate surface area is 101 Å². The minimum absolute atomic E-state index is 0.0400. The quantitative estimate of drug-likeness (QED) is 0.798. The fourth-order valence-corrected chi connectivity index (χ4v) is 1.81. The van der Waals surface area contributed by atoms with Crippen molar-refractivity contribution in [2.45, 2.75) is 13.8 Å². The second-order valence-corrected chi connectivity index (χ2v) is 4.16. The van der Waals surface area contributed by atoms with Gasteiger partial charge in [-0.05, 0) is 37.1 Å². The number of aromatic hydroxyl groups is 1. The first-order valence-electron chi connectivity index (χ1n) is 5.49. The van der Waals surface area contributed by atoms with Crippen molar-refractivity contribution in [2.75, 3.05) is 0 Å². The lowest BCUT2D eigenvalue weighted by atomic mass is 9.98. The van der Waals surface area contributed by atoms with Crippen molar-refractivity contribution in [3.8, 4) is 5.75 Å². The van der Waals surface area contributed by atoms with Crippen LogP contribution in [0.15, 0.2) is 42.5 Å². The van der Waals surface area contributed by atoms with Crippen LogP contribution in [0.25, 0.3) is 0 Å². The number of phenolic OH excluding ortho intramolecular Hbond substituents is 1. The number of aryl methyl sites for hydroxylation is 2. The maximum atomic E-state index is 12.2. The largest absolute Gasteiger partial charge is 0.507 e. The van der Waals surface area contributed by atoms with Gasteiger partial charge in [-0.2, -0.15) is 0 Å². The number of hydrogen-bond acceptors (Lipinski definition) is 2. The van der Waals surface area contributed by atoms with Crippen molar-refractivity contribution in [3.05, 3.63) is 64.7 Å². The Bertz CT molecular complexity index is 571. The molecule has 0 unspecified atom stereocenters. The number of hydrogen-bond donors (Lipinski definition) is 1. The molecular weight excluding hydrogens is 212 g/mol. The smallest absolute Gasteiger partial charge is 0.197 e. The molecule has 2 heteroatoms. The molecule has 0 fully saturated rings. The third-order valence-corrected chi connectivity index (χ3v) is 2.79. The monoisotopic (exact) mass is 226 g/mol. The van der Waals surface area contributed by atoms with Crippen molar-refractivity contribution in [3.63, 3.8) is 0 Å². The van der Waals surface area contributed by atoms with E-state index in [0.29, 0.717) is 11.1 Å². The lowest BCUT2D eigenvalue weighted by molar-refractivity contribution is 0.103. The van der Waals surface area contributed by atoms with E-state index in [2.05, 4.69) is 0 Å². The average Bonchev–Trinajstić information content (AvgIpc) is 2.29. The van der Waals surface area contributed by atoms with Gasteiger partial charge >= 0.3 is 0 Å². The molecule has 0 aliphatic carbocycles. The summed E-state index contributed by atoms with van der Waals surface area (Å²) < 4.78 is 0. The molecule has 86 valence electrons. The fraction of sp³-hybridized carbons (Fsp3) is 0.133. The van der Waals surface area contributed by atoms with E-state index in [1.807, 2.05) is 38.1 Å². The van der Waals surface area contributed by atoms with Crippen LogP contribution in [0.1, 0.15) is 27.0 Å². The molecular formula is C15H14O2. The van der Waals surface area contributed by atoms with Crippen molar-refractivity contribution < 1.29 is 9.90 Å². The molecule has 2 nitrogen and oxygen atoms in total. The molecule has 0 atom stereocenters. The van der Waals surface area contributed by atoms with E-state index >= 15 is 0 Å². The van der Waals surface area contributed by atoms with Gasteiger partial charge in [0.25, 0.3) is 0 Å². The Balaban J connectivity index is 2.48. The zero-order valence-corrected chi connectivity index (χ0v) is 9.90. The summed E-state index contributed by atoms with van der Waals surface area (Å²) >= 11 is 0. The molecule has 0 amide bonds. The van der Waals surface area contributed by atoms with Gasteiger partial charge in [0.1, 0.15) is 5.75 Å². The molecule has 0 aliphatic rings. The van der Waals surface area contributed by atoms with Gasteiger partial charge in [-0.1, -0.05) is 30.3 Å². The van der Waals surface area contributed by atoms with Gasteiger partial charge in [0.2, 0.25) is 0 Å². The summed E-state index contributed by atoms with van der Waals surface area (Å²) in [5, 5.41) is 9.79. The first kappa shape index (κ1) is 11.4. The van der Waals surface area contributed by atoms with Gasteiger partial charge in [-0.25, -0.2) is 0 Å². The Morgan fingerprint density at radius 2 is 1.71 bits per heavy atom. The number of phenols is 1. The lowest BCUT2D eigenvalue weighted by Crippen LogP contribution is -2.03. The summed E-state index contributed by atoms with van der Waals surface area (Å²) in [6.45, 7) is 3.76. The molecule has 17 heavy (non-hydrogen) atoms. The Morgan fingerprint density at radius 1 is 1.00 bits per heavy atom. The van der Waals surface area contributed by atoms with Crippen LogP contribution >= 0.6 is 0 Å². The van der Waals surface area contributed by atoms with Crippen molar-refractivity contribution >= 4 is 5.78 Å². The SMILES string of the molecule is Cc1ccc(C(=O)c2ccccc2C)c(O)c1. The molecule has 1 N–H and O–H groups in total. The van der Waals surface area contributed by atoms with Crippen LogP contribution in [0.2, 0.25) is 0 Å². The third kappa shape index (κ3) is 2.21. The number of ketones is 1. The summed E-state index contributed by atoms with van der Waals surface area (Å²) in [5.41, 5.74) is 2.83. The van der Waals surface area contributed by atoms with Crippen LogP contribution in [0.5, 0.6) is 5.75 Å². The molecule has 0 radical (unpaired) electrons. The maximum absolute atomic E-state index is 12.2. The number of carbonyl (C=O) groups is 1.